The first-order chi connectivity index (χ1) is 14.0. The third kappa shape index (κ3) is 8.02. The summed E-state index contributed by atoms with van der Waals surface area (Å²) in [6.45, 7) is 5.80. The van der Waals surface area contributed by atoms with Crippen molar-refractivity contribution in [3.63, 3.8) is 0 Å². The highest BCUT2D eigenvalue weighted by molar-refractivity contribution is 6.30. The van der Waals surface area contributed by atoms with E-state index in [9.17, 15) is 14.0 Å². The first kappa shape index (κ1) is 22.5. The molecule has 0 amide bonds. The molecule has 1 fully saturated rings. The number of hydrogen-bond acceptors (Lipinski definition) is 6. The van der Waals surface area contributed by atoms with Gasteiger partial charge in [0.05, 0.1) is 17.2 Å². The summed E-state index contributed by atoms with van der Waals surface area (Å²) >= 11 is 5.41. The van der Waals surface area contributed by atoms with Crippen LogP contribution >= 0.6 is 11.6 Å². The van der Waals surface area contributed by atoms with Gasteiger partial charge in [-0.05, 0) is 49.7 Å². The van der Waals surface area contributed by atoms with Gasteiger partial charge in [0.1, 0.15) is 5.82 Å². The predicted octanol–water partition coefficient (Wildman–Crippen LogP) is 2.50. The van der Waals surface area contributed by atoms with Crippen molar-refractivity contribution in [2.75, 3.05) is 26.3 Å². The molecule has 3 aromatic rings. The quantitative estimate of drug-likeness (QED) is 0.553. The minimum absolute atomic E-state index is 0.131. The zero-order valence-electron chi connectivity index (χ0n) is 15.8. The maximum Gasteiger partial charge on any atom is 0.439 e. The Bertz CT molecular complexity index is 982. The highest BCUT2D eigenvalue weighted by atomic mass is 35.5. The molecule has 10 heteroatoms. The number of benzene rings is 1. The van der Waals surface area contributed by atoms with Gasteiger partial charge in [-0.25, -0.2) is 9.18 Å². The number of pyridine rings is 1. The highest BCUT2D eigenvalue weighted by Crippen LogP contribution is 2.14. The standard InChI is InChI=1S/C7H6ClF.C7H5N3O3.C5H11NO/c1-5-2-3-6(8)7(9)4-5;11-6-4(2-1-3-8-6)5-9-7(12)13-10-5;1-2-6-3-5-7-4-1/h2-4H,1H3;1-3H,(H,8,11)(H,9,10,12);6H,1-5H2. The van der Waals surface area contributed by atoms with Crippen molar-refractivity contribution in [3.05, 3.63) is 73.8 Å². The fourth-order valence-electron chi connectivity index (χ4n) is 2.23. The van der Waals surface area contributed by atoms with Crippen LogP contribution in [0.25, 0.3) is 11.4 Å². The van der Waals surface area contributed by atoms with Crippen LogP contribution in [0.15, 0.2) is 50.6 Å². The van der Waals surface area contributed by atoms with E-state index < -0.39 is 5.76 Å². The number of ether oxygens (including phenoxy) is 1. The lowest BCUT2D eigenvalue weighted by atomic mass is 10.2. The monoisotopic (exact) mass is 424 g/mol. The summed E-state index contributed by atoms with van der Waals surface area (Å²) in [4.78, 5) is 26.5. The number of halogens is 2. The number of nitrogens with one attached hydrogen (secondary N) is 3. The molecule has 0 unspecified atom stereocenters. The second kappa shape index (κ2) is 11.9. The maximum atomic E-state index is 12.4. The highest BCUT2D eigenvalue weighted by Gasteiger charge is 2.06. The summed E-state index contributed by atoms with van der Waals surface area (Å²) in [5.74, 6) is -0.901. The van der Waals surface area contributed by atoms with Crippen molar-refractivity contribution in [1.82, 2.24) is 20.4 Å². The second-order valence-corrected chi connectivity index (χ2v) is 6.40. The van der Waals surface area contributed by atoms with E-state index in [1.165, 1.54) is 24.8 Å². The molecule has 4 rings (SSSR count). The molecule has 3 heterocycles. The molecule has 3 N–H and O–H groups in total. The lowest BCUT2D eigenvalue weighted by Gasteiger charge is -1.92. The maximum absolute atomic E-state index is 12.4. The Balaban J connectivity index is 0.000000164. The summed E-state index contributed by atoms with van der Waals surface area (Å²) in [5.41, 5.74) is 0.831. The van der Waals surface area contributed by atoms with E-state index in [1.54, 1.807) is 18.2 Å². The molecule has 0 bridgehead atoms. The lowest BCUT2D eigenvalue weighted by molar-refractivity contribution is 0.151. The summed E-state index contributed by atoms with van der Waals surface area (Å²) in [6, 6.07) is 7.89. The molecule has 2 aromatic heterocycles. The van der Waals surface area contributed by atoms with Crippen LogP contribution < -0.4 is 16.6 Å². The molecule has 1 saturated heterocycles. The molecule has 8 nitrogen and oxygen atoms in total. The van der Waals surface area contributed by atoms with Crippen molar-refractivity contribution < 1.29 is 13.7 Å². The van der Waals surface area contributed by atoms with Gasteiger partial charge in [0.2, 0.25) is 0 Å². The van der Waals surface area contributed by atoms with Crippen LogP contribution in [0.1, 0.15) is 12.0 Å². The SMILES string of the molecule is C1CNCCOC1.Cc1ccc(Cl)c(F)c1.O=c1[nH]c(-c2ccc[nH]c2=O)no1. The minimum atomic E-state index is -0.682. The van der Waals surface area contributed by atoms with Crippen LogP contribution in [0.3, 0.4) is 0 Å². The molecule has 0 saturated carbocycles. The van der Waals surface area contributed by atoms with Crippen LogP contribution in [-0.4, -0.2) is 41.4 Å². The normalized spacial score (nSPS) is 13.3. The molecule has 156 valence electrons. The Labute approximate surface area is 171 Å². The molecule has 1 aliphatic rings. The molecular weight excluding hydrogens is 403 g/mol. The largest absolute Gasteiger partial charge is 0.439 e. The number of hydrogen-bond donors (Lipinski definition) is 3. The van der Waals surface area contributed by atoms with Crippen LogP contribution in [0, 0.1) is 12.7 Å². The van der Waals surface area contributed by atoms with Crippen molar-refractivity contribution in [2.24, 2.45) is 0 Å². The fourth-order valence-corrected chi connectivity index (χ4v) is 2.34. The first-order valence-electron chi connectivity index (χ1n) is 8.91. The molecule has 29 heavy (non-hydrogen) atoms. The van der Waals surface area contributed by atoms with E-state index in [1.807, 2.05) is 6.92 Å². The van der Waals surface area contributed by atoms with Crippen LogP contribution in [0.2, 0.25) is 5.02 Å². The molecule has 0 atom stereocenters. The van der Waals surface area contributed by atoms with Crippen molar-refractivity contribution in [3.8, 4) is 11.4 Å². The third-order valence-electron chi connectivity index (χ3n) is 3.65. The molecule has 1 aromatic carbocycles. The van der Waals surface area contributed by atoms with Gasteiger partial charge in [0, 0.05) is 19.3 Å². The zero-order chi connectivity index (χ0) is 21.1. The van der Waals surface area contributed by atoms with E-state index in [2.05, 4.69) is 25.0 Å². The van der Waals surface area contributed by atoms with Crippen molar-refractivity contribution in [2.45, 2.75) is 13.3 Å². The van der Waals surface area contributed by atoms with Gasteiger partial charge in [0.25, 0.3) is 5.56 Å². The van der Waals surface area contributed by atoms with E-state index in [0.717, 1.165) is 31.9 Å². The summed E-state index contributed by atoms with van der Waals surface area (Å²) in [7, 11) is 0. The van der Waals surface area contributed by atoms with Gasteiger partial charge < -0.3 is 15.0 Å². The smallest absolute Gasteiger partial charge is 0.380 e. The van der Waals surface area contributed by atoms with Gasteiger partial charge in [0.15, 0.2) is 5.82 Å². The van der Waals surface area contributed by atoms with E-state index in [0.29, 0.717) is 0 Å². The Kier molecular flexibility index (Phi) is 9.29. The topological polar surface area (TPSA) is 113 Å². The van der Waals surface area contributed by atoms with E-state index in [4.69, 9.17) is 16.3 Å². The molecule has 0 aliphatic carbocycles. The number of nitrogens with zero attached hydrogens (tertiary/aromatic N) is 1. The number of H-pyrrole nitrogens is 2. The Morgan fingerprint density at radius 3 is 2.66 bits per heavy atom. The molecule has 1 aliphatic heterocycles. The van der Waals surface area contributed by atoms with Gasteiger partial charge in [-0.15, -0.1) is 0 Å². The number of rotatable bonds is 1. The average Bonchev–Trinajstić information content (AvgIpc) is 2.94. The lowest BCUT2D eigenvalue weighted by Crippen LogP contribution is -2.15. The molecular formula is C19H22ClFN4O4. The first-order valence-corrected chi connectivity index (χ1v) is 9.29. The second-order valence-electron chi connectivity index (χ2n) is 5.99. The minimum Gasteiger partial charge on any atom is -0.380 e. The average molecular weight is 425 g/mol. The Morgan fingerprint density at radius 1 is 1.17 bits per heavy atom. The summed E-state index contributed by atoms with van der Waals surface area (Å²) in [5, 5.41) is 6.79. The van der Waals surface area contributed by atoms with Crippen LogP contribution in [0.4, 0.5) is 4.39 Å². The van der Waals surface area contributed by atoms with Crippen LogP contribution in [-0.2, 0) is 4.74 Å². The predicted molar refractivity (Wildman–Crippen MR) is 108 cm³/mol. The zero-order valence-corrected chi connectivity index (χ0v) is 16.6. The van der Waals surface area contributed by atoms with Crippen molar-refractivity contribution in [1.29, 1.82) is 0 Å². The van der Waals surface area contributed by atoms with Crippen LogP contribution in [0.5, 0.6) is 0 Å². The summed E-state index contributed by atoms with van der Waals surface area (Å²) < 4.78 is 21.8. The van der Waals surface area contributed by atoms with Gasteiger partial charge in [-0.1, -0.05) is 22.8 Å². The van der Waals surface area contributed by atoms with Gasteiger partial charge in [-0.3, -0.25) is 14.3 Å². The summed E-state index contributed by atoms with van der Waals surface area (Å²) in [6.07, 6.45) is 2.66. The fraction of sp³-hybridized carbons (Fsp3) is 0.316. The third-order valence-corrected chi connectivity index (χ3v) is 3.96. The Morgan fingerprint density at radius 2 is 2.00 bits per heavy atom. The Hall–Kier alpha value is -2.75. The number of aromatic amines is 2. The number of aryl methyl sites for hydroxylation is 1. The van der Waals surface area contributed by atoms with Gasteiger partial charge >= 0.3 is 5.76 Å². The van der Waals surface area contributed by atoms with Gasteiger partial charge in [-0.2, -0.15) is 0 Å². The van der Waals surface area contributed by atoms with E-state index in [-0.39, 0.29) is 27.8 Å². The van der Waals surface area contributed by atoms with Crippen molar-refractivity contribution >= 4 is 11.6 Å². The van der Waals surface area contributed by atoms with E-state index >= 15 is 0 Å². The molecule has 0 spiro atoms. The molecule has 0 radical (unpaired) electrons. The number of aromatic nitrogens is 3.